The molecule has 0 heterocycles. The monoisotopic (exact) mass is 236 g/mol. The molecule has 0 aliphatic heterocycles. The lowest BCUT2D eigenvalue weighted by atomic mass is 10.1. The van der Waals surface area contributed by atoms with E-state index in [-0.39, 0.29) is 0 Å². The van der Waals surface area contributed by atoms with Crippen LogP contribution < -0.4 is 0 Å². The topological polar surface area (TPSA) is 17.1 Å². The molecule has 1 nitrogen and oxygen atoms in total. The van der Waals surface area contributed by atoms with Crippen LogP contribution in [-0.2, 0) is 16.6 Å². The van der Waals surface area contributed by atoms with Gasteiger partial charge < -0.3 is 0 Å². The minimum absolute atomic E-state index is 0.458. The summed E-state index contributed by atoms with van der Waals surface area (Å²) in [4.78, 5) is 0. The summed E-state index contributed by atoms with van der Waals surface area (Å²) in [6.45, 7) is 4.21. The molecule has 16 heavy (non-hydrogen) atoms. The molecule has 2 rings (SSSR count). The standard InChI is InChI=1S/C14H20OS/c1-11-7-8-12(2)13(9-11)10-16(15)14-5-3-4-6-14/h7-9,14H,3-6,10H2,1-2H3. The van der Waals surface area contributed by atoms with E-state index in [1.165, 1.54) is 29.5 Å². The smallest absolute Gasteiger partial charge is 0.0491 e. The normalized spacial score (nSPS) is 18.9. The second-order valence-electron chi connectivity index (χ2n) is 4.86. The van der Waals surface area contributed by atoms with E-state index in [4.69, 9.17) is 0 Å². The van der Waals surface area contributed by atoms with Crippen molar-refractivity contribution >= 4 is 10.8 Å². The molecule has 0 amide bonds. The highest BCUT2D eigenvalue weighted by Gasteiger charge is 2.21. The molecule has 0 saturated heterocycles. The van der Waals surface area contributed by atoms with E-state index in [1.54, 1.807) is 0 Å². The Bertz CT molecular complexity index is 392. The van der Waals surface area contributed by atoms with Crippen molar-refractivity contribution in [3.8, 4) is 0 Å². The van der Waals surface area contributed by atoms with Crippen LogP contribution in [0.2, 0.25) is 0 Å². The highest BCUT2D eigenvalue weighted by Crippen LogP contribution is 2.25. The van der Waals surface area contributed by atoms with Gasteiger partial charge in [-0.2, -0.15) is 0 Å². The van der Waals surface area contributed by atoms with Crippen LogP contribution in [0.4, 0.5) is 0 Å². The van der Waals surface area contributed by atoms with Gasteiger partial charge in [-0.15, -0.1) is 0 Å². The van der Waals surface area contributed by atoms with Gasteiger partial charge in [-0.1, -0.05) is 36.6 Å². The molecule has 1 unspecified atom stereocenters. The molecule has 0 aromatic heterocycles. The van der Waals surface area contributed by atoms with Crippen LogP contribution in [0, 0.1) is 13.8 Å². The molecular formula is C14H20OS. The number of hydrogen-bond acceptors (Lipinski definition) is 1. The predicted molar refractivity (Wildman–Crippen MR) is 70.0 cm³/mol. The lowest BCUT2D eigenvalue weighted by Gasteiger charge is -2.11. The molecule has 88 valence electrons. The Morgan fingerprint density at radius 1 is 1.25 bits per heavy atom. The van der Waals surface area contributed by atoms with Crippen molar-refractivity contribution in [2.45, 2.75) is 50.5 Å². The number of benzene rings is 1. The van der Waals surface area contributed by atoms with Gasteiger partial charge in [0, 0.05) is 21.8 Å². The van der Waals surface area contributed by atoms with Crippen molar-refractivity contribution in [2.24, 2.45) is 0 Å². The molecule has 1 atom stereocenters. The fourth-order valence-corrected chi connectivity index (χ4v) is 4.09. The number of aryl methyl sites for hydroxylation is 2. The maximum absolute atomic E-state index is 12.2. The first-order chi connectivity index (χ1) is 7.66. The van der Waals surface area contributed by atoms with Gasteiger partial charge in [0.05, 0.1) is 0 Å². The van der Waals surface area contributed by atoms with Gasteiger partial charge in [-0.05, 0) is 37.8 Å². The Morgan fingerprint density at radius 3 is 2.62 bits per heavy atom. The maximum Gasteiger partial charge on any atom is 0.0491 e. The first-order valence-electron chi connectivity index (χ1n) is 6.10. The lowest BCUT2D eigenvalue weighted by Crippen LogP contribution is -2.12. The summed E-state index contributed by atoms with van der Waals surface area (Å²) in [5, 5.41) is 0.458. The summed E-state index contributed by atoms with van der Waals surface area (Å²) in [6.07, 6.45) is 4.86. The van der Waals surface area contributed by atoms with Crippen molar-refractivity contribution in [3.05, 3.63) is 34.9 Å². The fraction of sp³-hybridized carbons (Fsp3) is 0.571. The second kappa shape index (κ2) is 5.13. The summed E-state index contributed by atoms with van der Waals surface area (Å²) in [5.74, 6) is 0.748. The van der Waals surface area contributed by atoms with Crippen LogP contribution in [0.15, 0.2) is 18.2 Å². The average Bonchev–Trinajstić information content (AvgIpc) is 2.76. The van der Waals surface area contributed by atoms with E-state index in [0.29, 0.717) is 5.25 Å². The highest BCUT2D eigenvalue weighted by molar-refractivity contribution is 7.84. The van der Waals surface area contributed by atoms with Gasteiger partial charge in [0.1, 0.15) is 0 Å². The van der Waals surface area contributed by atoms with Crippen LogP contribution in [0.5, 0.6) is 0 Å². The zero-order chi connectivity index (χ0) is 11.5. The molecule has 2 heteroatoms. The minimum Gasteiger partial charge on any atom is -0.259 e. The van der Waals surface area contributed by atoms with Crippen LogP contribution in [0.1, 0.15) is 42.4 Å². The molecule has 1 aromatic carbocycles. The molecule has 1 fully saturated rings. The van der Waals surface area contributed by atoms with Crippen LogP contribution >= 0.6 is 0 Å². The van der Waals surface area contributed by atoms with E-state index in [1.807, 2.05) is 0 Å². The Balaban J connectivity index is 2.07. The van der Waals surface area contributed by atoms with Gasteiger partial charge >= 0.3 is 0 Å². The Labute approximate surface area is 101 Å². The third kappa shape index (κ3) is 2.73. The first-order valence-corrected chi connectivity index (χ1v) is 7.48. The average molecular weight is 236 g/mol. The van der Waals surface area contributed by atoms with Crippen molar-refractivity contribution in [2.75, 3.05) is 0 Å². The van der Waals surface area contributed by atoms with Gasteiger partial charge in [-0.25, -0.2) is 0 Å². The van der Waals surface area contributed by atoms with Gasteiger partial charge in [0.2, 0.25) is 0 Å². The van der Waals surface area contributed by atoms with Crippen LogP contribution in [0.3, 0.4) is 0 Å². The van der Waals surface area contributed by atoms with E-state index >= 15 is 0 Å². The Hall–Kier alpha value is -0.630. The Kier molecular flexibility index (Phi) is 3.80. The molecule has 0 spiro atoms. The molecule has 1 aromatic rings. The molecule has 0 N–H and O–H groups in total. The van der Waals surface area contributed by atoms with Crippen molar-refractivity contribution in [1.82, 2.24) is 0 Å². The van der Waals surface area contributed by atoms with E-state index in [2.05, 4.69) is 32.0 Å². The number of rotatable bonds is 3. The molecule has 0 bridgehead atoms. The highest BCUT2D eigenvalue weighted by atomic mass is 32.2. The summed E-state index contributed by atoms with van der Waals surface area (Å²) in [7, 11) is -0.665. The minimum atomic E-state index is -0.665. The molecular weight excluding hydrogens is 216 g/mol. The third-order valence-electron chi connectivity index (χ3n) is 3.48. The fourth-order valence-electron chi connectivity index (χ4n) is 2.38. The summed E-state index contributed by atoms with van der Waals surface area (Å²) in [6, 6.07) is 6.44. The lowest BCUT2D eigenvalue weighted by molar-refractivity contribution is 0.668. The largest absolute Gasteiger partial charge is 0.259 e. The van der Waals surface area contributed by atoms with Crippen LogP contribution in [0.25, 0.3) is 0 Å². The van der Waals surface area contributed by atoms with Gasteiger partial charge in [0.15, 0.2) is 0 Å². The molecule has 1 aliphatic carbocycles. The van der Waals surface area contributed by atoms with Gasteiger partial charge in [0.25, 0.3) is 0 Å². The van der Waals surface area contributed by atoms with Crippen LogP contribution in [-0.4, -0.2) is 9.46 Å². The first kappa shape index (κ1) is 11.8. The number of hydrogen-bond donors (Lipinski definition) is 0. The van der Waals surface area contributed by atoms with Crippen molar-refractivity contribution in [1.29, 1.82) is 0 Å². The maximum atomic E-state index is 12.2. The molecule has 1 saturated carbocycles. The SMILES string of the molecule is Cc1ccc(C)c(CS(=O)C2CCCC2)c1. The second-order valence-corrected chi connectivity index (χ2v) is 6.58. The zero-order valence-corrected chi connectivity index (χ0v) is 11.0. The van der Waals surface area contributed by atoms with E-state index in [9.17, 15) is 4.21 Å². The predicted octanol–water partition coefficient (Wildman–Crippen LogP) is 3.49. The summed E-state index contributed by atoms with van der Waals surface area (Å²) >= 11 is 0. The molecule has 1 aliphatic rings. The molecule has 0 radical (unpaired) electrons. The third-order valence-corrected chi connectivity index (χ3v) is 5.29. The zero-order valence-electron chi connectivity index (χ0n) is 10.2. The van der Waals surface area contributed by atoms with E-state index in [0.717, 1.165) is 18.6 Å². The van der Waals surface area contributed by atoms with E-state index < -0.39 is 10.8 Å². The van der Waals surface area contributed by atoms with Crippen molar-refractivity contribution < 1.29 is 4.21 Å². The quantitative estimate of drug-likeness (QED) is 0.785. The summed E-state index contributed by atoms with van der Waals surface area (Å²) < 4.78 is 12.2. The summed E-state index contributed by atoms with van der Waals surface area (Å²) in [5.41, 5.74) is 3.81. The van der Waals surface area contributed by atoms with Crippen molar-refractivity contribution in [3.63, 3.8) is 0 Å². The van der Waals surface area contributed by atoms with Gasteiger partial charge in [-0.3, -0.25) is 4.21 Å². The Morgan fingerprint density at radius 2 is 1.94 bits per heavy atom.